The van der Waals surface area contributed by atoms with Gasteiger partial charge in [0.2, 0.25) is 0 Å². The van der Waals surface area contributed by atoms with Gasteiger partial charge in [-0.15, -0.1) is 0 Å². The smallest absolute Gasteiger partial charge is 0.172 e. The van der Waals surface area contributed by atoms with Gasteiger partial charge in [0.25, 0.3) is 0 Å². The maximum Gasteiger partial charge on any atom is 0.172 e. The fraction of sp³-hybridized carbons (Fsp3) is 0.500. The van der Waals surface area contributed by atoms with E-state index in [4.69, 9.17) is 4.74 Å². The van der Waals surface area contributed by atoms with Crippen molar-refractivity contribution in [3.05, 3.63) is 18.3 Å². The van der Waals surface area contributed by atoms with Crippen LogP contribution in [0.25, 0.3) is 0 Å². The van der Waals surface area contributed by atoms with Gasteiger partial charge in [0.05, 0.1) is 5.54 Å². The molecule has 1 aliphatic heterocycles. The molecule has 1 N–H and O–H groups in total. The molecule has 1 spiro atoms. The molecule has 2 heterocycles. The molecule has 1 aliphatic carbocycles. The van der Waals surface area contributed by atoms with E-state index in [0.29, 0.717) is 0 Å². The first kappa shape index (κ1) is 8.76. The number of anilines is 1. The van der Waals surface area contributed by atoms with Gasteiger partial charge in [-0.1, -0.05) is 0 Å². The Bertz CT molecular complexity index is 365. The van der Waals surface area contributed by atoms with Gasteiger partial charge >= 0.3 is 0 Å². The van der Waals surface area contributed by atoms with Crippen molar-refractivity contribution in [2.24, 2.45) is 0 Å². The van der Waals surface area contributed by atoms with Crippen LogP contribution in [0.3, 0.4) is 0 Å². The second-order valence-electron chi connectivity index (χ2n) is 3.92. The predicted molar refractivity (Wildman–Crippen MR) is 62.9 cm³/mol. The topological polar surface area (TPSA) is 34.1 Å². The first-order valence-corrected chi connectivity index (χ1v) is 6.09. The lowest BCUT2D eigenvalue weighted by molar-refractivity contribution is 0.132. The summed E-state index contributed by atoms with van der Waals surface area (Å²) >= 11 is 2.37. The maximum atomic E-state index is 5.85. The molecule has 4 heteroatoms. The molecule has 1 saturated carbocycles. The zero-order valence-electron chi connectivity index (χ0n) is 7.66. The number of ether oxygens (including phenoxy) is 1. The highest BCUT2D eigenvalue weighted by Crippen LogP contribution is 2.46. The van der Waals surface area contributed by atoms with Crippen LogP contribution in [0.2, 0.25) is 0 Å². The van der Waals surface area contributed by atoms with Crippen LogP contribution in [0.1, 0.15) is 19.3 Å². The lowest BCUT2D eigenvalue weighted by Crippen LogP contribution is -2.56. The largest absolute Gasteiger partial charge is 0.474 e. The van der Waals surface area contributed by atoms with Gasteiger partial charge in [-0.3, -0.25) is 0 Å². The minimum Gasteiger partial charge on any atom is -0.474 e. The summed E-state index contributed by atoms with van der Waals surface area (Å²) in [5, 5.41) is 3.52. The lowest BCUT2D eigenvalue weighted by Gasteiger charge is -2.48. The number of alkyl halides is 1. The standard InChI is InChI=1S/C10H11IN2O/c11-9-10(4-2-5-10)13-8-7(14-9)3-1-6-12-8/h1,3,6,9H,2,4-5H2,(H,12,13). The van der Waals surface area contributed by atoms with Crippen LogP contribution < -0.4 is 10.1 Å². The number of aromatic nitrogens is 1. The number of pyridine rings is 1. The van der Waals surface area contributed by atoms with E-state index in [9.17, 15) is 0 Å². The Kier molecular flexibility index (Phi) is 1.87. The monoisotopic (exact) mass is 302 g/mol. The molecule has 1 aromatic heterocycles. The molecular formula is C10H11IN2O. The highest BCUT2D eigenvalue weighted by molar-refractivity contribution is 14.1. The first-order valence-electron chi connectivity index (χ1n) is 4.84. The van der Waals surface area contributed by atoms with Crippen LogP contribution in [-0.4, -0.2) is 14.6 Å². The van der Waals surface area contributed by atoms with E-state index >= 15 is 0 Å². The Balaban J connectivity index is 1.98. The zero-order valence-corrected chi connectivity index (χ0v) is 9.82. The molecule has 1 unspecified atom stereocenters. The van der Waals surface area contributed by atoms with Crippen molar-refractivity contribution in [2.45, 2.75) is 28.9 Å². The number of nitrogens with one attached hydrogen (secondary N) is 1. The average molecular weight is 302 g/mol. The van der Waals surface area contributed by atoms with E-state index in [1.165, 1.54) is 19.3 Å². The van der Waals surface area contributed by atoms with E-state index in [2.05, 4.69) is 32.9 Å². The Labute approximate surface area is 96.4 Å². The van der Waals surface area contributed by atoms with E-state index in [1.807, 2.05) is 12.1 Å². The zero-order chi connectivity index (χ0) is 9.60. The minimum absolute atomic E-state index is 0.155. The summed E-state index contributed by atoms with van der Waals surface area (Å²) in [6, 6.07) is 3.87. The van der Waals surface area contributed by atoms with Crippen LogP contribution in [0, 0.1) is 0 Å². The molecule has 1 atom stereocenters. The lowest BCUT2D eigenvalue weighted by atomic mass is 9.77. The first-order chi connectivity index (χ1) is 6.80. The molecule has 1 fully saturated rings. The third-order valence-corrected chi connectivity index (χ3v) is 4.50. The molecule has 2 aliphatic rings. The quantitative estimate of drug-likeness (QED) is 0.591. The number of hydrogen-bond acceptors (Lipinski definition) is 3. The summed E-state index contributed by atoms with van der Waals surface area (Å²) in [4.78, 5) is 4.29. The third kappa shape index (κ3) is 1.12. The molecule has 0 aromatic carbocycles. The number of rotatable bonds is 0. The SMILES string of the molecule is IC1Oc2cccnc2NC12CCC2. The van der Waals surface area contributed by atoms with E-state index < -0.39 is 0 Å². The predicted octanol–water partition coefficient (Wildman–Crippen LogP) is 2.57. The molecule has 1 aromatic rings. The molecule has 3 nitrogen and oxygen atoms in total. The Morgan fingerprint density at radius 1 is 1.57 bits per heavy atom. The molecule has 14 heavy (non-hydrogen) atoms. The molecule has 3 rings (SSSR count). The van der Waals surface area contributed by atoms with Crippen LogP contribution in [0.5, 0.6) is 5.75 Å². The van der Waals surface area contributed by atoms with Gasteiger partial charge in [0, 0.05) is 6.20 Å². The van der Waals surface area contributed by atoms with Gasteiger partial charge in [-0.25, -0.2) is 4.98 Å². The maximum absolute atomic E-state index is 5.85. The Morgan fingerprint density at radius 3 is 3.14 bits per heavy atom. The van der Waals surface area contributed by atoms with Crippen molar-refractivity contribution in [3.63, 3.8) is 0 Å². The second kappa shape index (κ2) is 2.98. The summed E-state index contributed by atoms with van der Waals surface area (Å²) in [7, 11) is 0. The van der Waals surface area contributed by atoms with Crippen LogP contribution in [-0.2, 0) is 0 Å². The van der Waals surface area contributed by atoms with Crippen molar-refractivity contribution in [1.29, 1.82) is 0 Å². The molecular weight excluding hydrogens is 291 g/mol. The fourth-order valence-corrected chi connectivity index (χ4v) is 3.06. The summed E-state index contributed by atoms with van der Waals surface area (Å²) < 4.78 is 6.08. The Hall–Kier alpha value is -0.520. The number of fused-ring (bicyclic) bond motifs is 1. The molecule has 74 valence electrons. The summed E-state index contributed by atoms with van der Waals surface area (Å²) in [5.74, 6) is 1.78. The van der Waals surface area contributed by atoms with Gasteiger partial charge in [-0.05, 0) is 54.0 Å². The van der Waals surface area contributed by atoms with Gasteiger partial charge in [0.1, 0.15) is 0 Å². The molecule has 0 saturated heterocycles. The summed E-state index contributed by atoms with van der Waals surface area (Å²) in [5.41, 5.74) is 0.155. The van der Waals surface area contributed by atoms with Crippen LogP contribution in [0.15, 0.2) is 18.3 Å². The fourth-order valence-electron chi connectivity index (χ4n) is 2.01. The minimum atomic E-state index is 0.155. The van der Waals surface area contributed by atoms with Crippen molar-refractivity contribution in [1.82, 2.24) is 4.98 Å². The Morgan fingerprint density at radius 2 is 2.43 bits per heavy atom. The van der Waals surface area contributed by atoms with Crippen LogP contribution in [0.4, 0.5) is 5.82 Å². The summed E-state index contributed by atoms with van der Waals surface area (Å²) in [6.45, 7) is 0. The van der Waals surface area contributed by atoms with E-state index in [0.717, 1.165) is 11.6 Å². The highest BCUT2D eigenvalue weighted by Gasteiger charge is 2.47. The van der Waals surface area contributed by atoms with Crippen molar-refractivity contribution in [2.75, 3.05) is 5.32 Å². The second-order valence-corrected chi connectivity index (χ2v) is 5.05. The number of hydrogen-bond donors (Lipinski definition) is 1. The van der Waals surface area contributed by atoms with Crippen molar-refractivity contribution in [3.8, 4) is 5.75 Å². The molecule has 0 radical (unpaired) electrons. The number of halogens is 1. The number of nitrogens with zero attached hydrogens (tertiary/aromatic N) is 1. The average Bonchev–Trinajstić information content (AvgIpc) is 2.14. The molecule has 0 amide bonds. The van der Waals surface area contributed by atoms with E-state index in [-0.39, 0.29) is 9.65 Å². The van der Waals surface area contributed by atoms with Crippen LogP contribution >= 0.6 is 22.6 Å². The van der Waals surface area contributed by atoms with Crippen molar-refractivity contribution < 1.29 is 4.74 Å². The molecule has 0 bridgehead atoms. The van der Waals surface area contributed by atoms with Gasteiger partial charge in [-0.2, -0.15) is 0 Å². The van der Waals surface area contributed by atoms with Crippen molar-refractivity contribution >= 4 is 28.4 Å². The van der Waals surface area contributed by atoms with Gasteiger partial charge in [0.15, 0.2) is 15.7 Å². The van der Waals surface area contributed by atoms with Gasteiger partial charge < -0.3 is 10.1 Å². The highest BCUT2D eigenvalue weighted by atomic mass is 127. The third-order valence-electron chi connectivity index (χ3n) is 3.05. The normalized spacial score (nSPS) is 27.1. The van der Waals surface area contributed by atoms with E-state index in [1.54, 1.807) is 6.20 Å². The summed E-state index contributed by atoms with van der Waals surface area (Å²) in [6.07, 6.45) is 5.47.